The summed E-state index contributed by atoms with van der Waals surface area (Å²) in [5, 5.41) is 9.78. The fourth-order valence-corrected chi connectivity index (χ4v) is 2.52. The van der Waals surface area contributed by atoms with Crippen LogP contribution in [0.2, 0.25) is 0 Å². The lowest BCUT2D eigenvalue weighted by Gasteiger charge is -2.19. The fraction of sp³-hybridized carbons (Fsp3) is 0.429. The molecule has 0 amide bonds. The normalized spacial score (nSPS) is 18.6. The Bertz CT molecular complexity index is 369. The van der Waals surface area contributed by atoms with Crippen molar-refractivity contribution in [2.24, 2.45) is 5.92 Å². The van der Waals surface area contributed by atoms with Crippen LogP contribution in [0.15, 0.2) is 24.3 Å². The number of hydrogen-bond donors (Lipinski definition) is 1. The summed E-state index contributed by atoms with van der Waals surface area (Å²) in [5.74, 6) is 3.83. The number of terminal acetylenes is 1. The first-order chi connectivity index (χ1) is 7.33. The summed E-state index contributed by atoms with van der Waals surface area (Å²) >= 11 is 0. The minimum atomic E-state index is 0.0914. The zero-order valence-corrected chi connectivity index (χ0v) is 8.82. The molecule has 0 bridgehead atoms. The molecule has 1 aliphatic rings. The Morgan fingerprint density at radius 1 is 1.27 bits per heavy atom. The largest absolute Gasteiger partial charge is 0.508 e. The summed E-state index contributed by atoms with van der Waals surface area (Å²) < 4.78 is 0. The summed E-state index contributed by atoms with van der Waals surface area (Å²) in [6, 6.07) is 7.43. The molecule has 1 heteroatoms. The second kappa shape index (κ2) is 4.40. The third kappa shape index (κ3) is 1.99. The van der Waals surface area contributed by atoms with Crippen LogP contribution in [-0.4, -0.2) is 5.11 Å². The van der Waals surface area contributed by atoms with E-state index in [-0.39, 0.29) is 5.92 Å². The molecular formula is C14H16O. The van der Waals surface area contributed by atoms with Gasteiger partial charge in [-0.3, -0.25) is 0 Å². The van der Waals surface area contributed by atoms with Crippen molar-refractivity contribution in [1.82, 2.24) is 0 Å². The highest BCUT2D eigenvalue weighted by Crippen LogP contribution is 2.39. The van der Waals surface area contributed by atoms with Gasteiger partial charge < -0.3 is 5.11 Å². The van der Waals surface area contributed by atoms with Crippen LogP contribution in [0.4, 0.5) is 0 Å². The van der Waals surface area contributed by atoms with Gasteiger partial charge in [0.05, 0.1) is 5.92 Å². The first-order valence-corrected chi connectivity index (χ1v) is 5.57. The molecule has 1 fully saturated rings. The minimum absolute atomic E-state index is 0.0914. The summed E-state index contributed by atoms with van der Waals surface area (Å²) in [6.07, 6.45) is 10.5. The monoisotopic (exact) mass is 200 g/mol. The SMILES string of the molecule is C#CC(c1ccccc1O)C1CCCC1. The third-order valence-corrected chi connectivity index (χ3v) is 3.32. The van der Waals surface area contributed by atoms with Crippen LogP contribution in [0.3, 0.4) is 0 Å². The van der Waals surface area contributed by atoms with Gasteiger partial charge in [-0.1, -0.05) is 37.0 Å². The molecule has 1 aromatic carbocycles. The van der Waals surface area contributed by atoms with Crippen LogP contribution in [-0.2, 0) is 0 Å². The molecule has 0 saturated heterocycles. The highest BCUT2D eigenvalue weighted by atomic mass is 16.3. The van der Waals surface area contributed by atoms with Gasteiger partial charge in [-0.2, -0.15) is 0 Å². The highest BCUT2D eigenvalue weighted by molar-refractivity contribution is 5.39. The van der Waals surface area contributed by atoms with E-state index in [4.69, 9.17) is 6.42 Å². The van der Waals surface area contributed by atoms with Gasteiger partial charge in [0.15, 0.2) is 0 Å². The molecule has 0 aromatic heterocycles. The maximum atomic E-state index is 9.78. The maximum absolute atomic E-state index is 9.78. The van der Waals surface area contributed by atoms with Crippen molar-refractivity contribution in [1.29, 1.82) is 0 Å². The summed E-state index contributed by atoms with van der Waals surface area (Å²) in [7, 11) is 0. The highest BCUT2D eigenvalue weighted by Gasteiger charge is 2.26. The average Bonchev–Trinajstić information content (AvgIpc) is 2.75. The van der Waals surface area contributed by atoms with Crippen molar-refractivity contribution < 1.29 is 5.11 Å². The van der Waals surface area contributed by atoms with E-state index >= 15 is 0 Å². The zero-order chi connectivity index (χ0) is 10.7. The second-order valence-electron chi connectivity index (χ2n) is 4.25. The van der Waals surface area contributed by atoms with E-state index in [1.807, 2.05) is 18.2 Å². The number of hydrogen-bond acceptors (Lipinski definition) is 1. The average molecular weight is 200 g/mol. The first kappa shape index (κ1) is 10.1. The lowest BCUT2D eigenvalue weighted by molar-refractivity contribution is 0.443. The minimum Gasteiger partial charge on any atom is -0.508 e. The van der Waals surface area contributed by atoms with E-state index in [2.05, 4.69) is 5.92 Å². The number of benzene rings is 1. The van der Waals surface area contributed by atoms with E-state index in [1.54, 1.807) is 6.07 Å². The summed E-state index contributed by atoms with van der Waals surface area (Å²) in [4.78, 5) is 0. The molecule has 1 saturated carbocycles. The van der Waals surface area contributed by atoms with E-state index < -0.39 is 0 Å². The van der Waals surface area contributed by atoms with Crippen molar-refractivity contribution in [2.75, 3.05) is 0 Å². The lowest BCUT2D eigenvalue weighted by Crippen LogP contribution is -2.07. The first-order valence-electron chi connectivity index (χ1n) is 5.57. The van der Waals surface area contributed by atoms with Gasteiger partial charge >= 0.3 is 0 Å². The number of rotatable bonds is 2. The molecule has 1 nitrogen and oxygen atoms in total. The van der Waals surface area contributed by atoms with Gasteiger partial charge in [0.25, 0.3) is 0 Å². The van der Waals surface area contributed by atoms with E-state index in [9.17, 15) is 5.11 Å². The summed E-state index contributed by atoms with van der Waals surface area (Å²) in [5.41, 5.74) is 0.923. The number of phenolic OH excluding ortho intramolecular Hbond substituents is 1. The van der Waals surface area contributed by atoms with Gasteiger partial charge in [0.2, 0.25) is 0 Å². The molecule has 0 radical (unpaired) electrons. The Balaban J connectivity index is 2.27. The van der Waals surface area contributed by atoms with Crippen LogP contribution in [0.1, 0.15) is 37.2 Å². The van der Waals surface area contributed by atoms with Crippen molar-refractivity contribution in [3.63, 3.8) is 0 Å². The smallest absolute Gasteiger partial charge is 0.120 e. The predicted molar refractivity (Wildman–Crippen MR) is 61.6 cm³/mol. The topological polar surface area (TPSA) is 20.2 Å². The Morgan fingerprint density at radius 2 is 1.93 bits per heavy atom. The van der Waals surface area contributed by atoms with Crippen molar-refractivity contribution in [3.05, 3.63) is 29.8 Å². The van der Waals surface area contributed by atoms with E-state index in [1.165, 1.54) is 25.7 Å². The van der Waals surface area contributed by atoms with Crippen LogP contribution in [0.5, 0.6) is 5.75 Å². The Kier molecular flexibility index (Phi) is 2.97. The molecule has 1 N–H and O–H groups in total. The van der Waals surface area contributed by atoms with Crippen LogP contribution >= 0.6 is 0 Å². The molecule has 1 aliphatic carbocycles. The van der Waals surface area contributed by atoms with Gasteiger partial charge in [0, 0.05) is 5.56 Å². The molecule has 2 rings (SSSR count). The van der Waals surface area contributed by atoms with E-state index in [0.717, 1.165) is 5.56 Å². The molecule has 0 heterocycles. The van der Waals surface area contributed by atoms with Gasteiger partial charge in [0.1, 0.15) is 5.75 Å². The fourth-order valence-electron chi connectivity index (χ4n) is 2.52. The molecule has 15 heavy (non-hydrogen) atoms. The molecule has 78 valence electrons. The van der Waals surface area contributed by atoms with Crippen molar-refractivity contribution in [3.8, 4) is 18.1 Å². The Morgan fingerprint density at radius 3 is 2.53 bits per heavy atom. The van der Waals surface area contributed by atoms with Crippen LogP contribution < -0.4 is 0 Å². The standard InChI is InChI=1S/C14H16O/c1-2-12(11-7-3-4-8-11)13-9-5-6-10-14(13)15/h1,5-6,9-12,15H,3-4,7-8H2. The molecule has 0 spiro atoms. The zero-order valence-electron chi connectivity index (χ0n) is 8.82. The molecule has 1 aromatic rings. The van der Waals surface area contributed by atoms with Gasteiger partial charge in [-0.25, -0.2) is 0 Å². The predicted octanol–water partition coefficient (Wildman–Crippen LogP) is 3.30. The van der Waals surface area contributed by atoms with Gasteiger partial charge in [-0.15, -0.1) is 6.42 Å². The number of aromatic hydroxyl groups is 1. The second-order valence-corrected chi connectivity index (χ2v) is 4.25. The van der Waals surface area contributed by atoms with E-state index in [0.29, 0.717) is 11.7 Å². The third-order valence-electron chi connectivity index (χ3n) is 3.32. The maximum Gasteiger partial charge on any atom is 0.120 e. The molecule has 1 atom stereocenters. The molecular weight excluding hydrogens is 184 g/mol. The Hall–Kier alpha value is -1.42. The van der Waals surface area contributed by atoms with Crippen molar-refractivity contribution in [2.45, 2.75) is 31.6 Å². The summed E-state index contributed by atoms with van der Waals surface area (Å²) in [6.45, 7) is 0. The lowest BCUT2D eigenvalue weighted by atomic mass is 9.85. The van der Waals surface area contributed by atoms with Crippen molar-refractivity contribution >= 4 is 0 Å². The molecule has 1 unspecified atom stereocenters. The Labute approximate surface area is 91.1 Å². The number of phenols is 1. The van der Waals surface area contributed by atoms with Gasteiger partial charge in [-0.05, 0) is 24.8 Å². The quantitative estimate of drug-likeness (QED) is 0.726. The number of para-hydroxylation sites is 1. The van der Waals surface area contributed by atoms with Crippen LogP contribution in [0.25, 0.3) is 0 Å². The van der Waals surface area contributed by atoms with Crippen LogP contribution in [0, 0.1) is 18.3 Å². The molecule has 0 aliphatic heterocycles.